The fourth-order valence-corrected chi connectivity index (χ4v) is 4.20. The number of hydrogen-bond acceptors (Lipinski definition) is 7. The second-order valence-electron chi connectivity index (χ2n) is 6.93. The van der Waals surface area contributed by atoms with Crippen LogP contribution < -0.4 is 5.32 Å². The molecule has 0 aromatic carbocycles. The molecule has 3 aliphatic rings. The Morgan fingerprint density at radius 2 is 2.04 bits per heavy atom. The van der Waals surface area contributed by atoms with E-state index < -0.39 is 34.4 Å². The fourth-order valence-electron chi connectivity index (χ4n) is 3.82. The number of carbonyl (C=O) groups excluding carboxylic acids is 2. The second-order valence-corrected chi connectivity index (χ2v) is 7.94. The predicted octanol–water partition coefficient (Wildman–Crippen LogP) is -0.261. The Bertz CT molecular complexity index is 650. The number of nitrogens with one attached hydrogen (secondary N) is 1. The number of hydrogen-bond donors (Lipinski definition) is 3. The van der Waals surface area contributed by atoms with E-state index >= 15 is 0 Å². The Morgan fingerprint density at radius 1 is 1.27 bits per heavy atom. The van der Waals surface area contributed by atoms with Gasteiger partial charge in [-0.2, -0.15) is 13.5 Å². The highest BCUT2D eigenvalue weighted by molar-refractivity contribution is 7.80. The molecule has 26 heavy (non-hydrogen) atoms. The van der Waals surface area contributed by atoms with Gasteiger partial charge in [-0.25, -0.2) is 9.86 Å². The molecule has 148 valence electrons. The molecule has 0 aromatic heterocycles. The molecular formula is C14H24N4O7S. The zero-order valence-corrected chi connectivity index (χ0v) is 15.1. The highest BCUT2D eigenvalue weighted by Crippen LogP contribution is 2.31. The molecule has 3 atom stereocenters. The average molecular weight is 392 g/mol. The Morgan fingerprint density at radius 3 is 2.77 bits per heavy atom. The molecule has 11 nitrogen and oxygen atoms in total. The van der Waals surface area contributed by atoms with Gasteiger partial charge in [0.25, 0.3) is 5.91 Å². The van der Waals surface area contributed by atoms with Crippen LogP contribution >= 0.6 is 0 Å². The molecule has 0 saturated carbocycles. The molecule has 3 heterocycles. The lowest BCUT2D eigenvalue weighted by atomic mass is 10.00. The van der Waals surface area contributed by atoms with Crippen molar-refractivity contribution in [1.29, 1.82) is 0 Å². The van der Waals surface area contributed by atoms with Gasteiger partial charge in [0, 0.05) is 12.6 Å². The van der Waals surface area contributed by atoms with E-state index in [1.807, 2.05) is 0 Å². The van der Waals surface area contributed by atoms with E-state index in [0.29, 0.717) is 16.5 Å². The van der Waals surface area contributed by atoms with Crippen LogP contribution in [0.15, 0.2) is 0 Å². The highest BCUT2D eigenvalue weighted by atomic mass is 32.3. The molecule has 3 N–H and O–H groups in total. The summed E-state index contributed by atoms with van der Waals surface area (Å²) in [5, 5.41) is 14.7. The Balaban J connectivity index is 1.62. The number of rotatable bonds is 5. The topological polar surface area (TPSA) is 140 Å². The van der Waals surface area contributed by atoms with E-state index in [1.165, 1.54) is 4.90 Å². The van der Waals surface area contributed by atoms with Gasteiger partial charge in [-0.15, -0.1) is 4.28 Å². The smallest absolute Gasteiger partial charge is 0.312 e. The molecule has 0 spiro atoms. The molecular weight excluding hydrogens is 368 g/mol. The van der Waals surface area contributed by atoms with E-state index in [-0.39, 0.29) is 25.6 Å². The largest absolute Gasteiger partial charge is 0.418 e. The second kappa shape index (κ2) is 7.64. The van der Waals surface area contributed by atoms with E-state index in [1.54, 1.807) is 0 Å². The van der Waals surface area contributed by atoms with E-state index in [0.717, 1.165) is 32.2 Å². The number of carbonyl (C=O) groups is 2. The number of amides is 3. The van der Waals surface area contributed by atoms with Gasteiger partial charge in [0.2, 0.25) is 0 Å². The molecule has 3 rings (SSSR count). The van der Waals surface area contributed by atoms with Gasteiger partial charge in [-0.3, -0.25) is 14.6 Å². The summed E-state index contributed by atoms with van der Waals surface area (Å²) in [5.74, 6) is -0.600. The zero-order valence-electron chi connectivity index (χ0n) is 14.3. The number of urea groups is 1. The van der Waals surface area contributed by atoms with Crippen LogP contribution in [0.3, 0.4) is 0 Å². The monoisotopic (exact) mass is 392 g/mol. The van der Waals surface area contributed by atoms with Crippen molar-refractivity contribution in [1.82, 2.24) is 20.3 Å². The maximum atomic E-state index is 12.6. The molecule has 12 heteroatoms. The highest BCUT2D eigenvalue weighted by Gasteiger charge is 2.50. The molecule has 3 fully saturated rings. The van der Waals surface area contributed by atoms with Crippen LogP contribution in [0, 0.1) is 0 Å². The van der Waals surface area contributed by atoms with Crippen molar-refractivity contribution in [3.63, 3.8) is 0 Å². The third-order valence-electron chi connectivity index (χ3n) is 5.09. The van der Waals surface area contributed by atoms with Crippen molar-refractivity contribution in [2.75, 3.05) is 19.6 Å². The minimum absolute atomic E-state index is 0.00330. The van der Waals surface area contributed by atoms with Gasteiger partial charge in [0.05, 0.1) is 12.6 Å². The Kier molecular flexibility index (Phi) is 5.67. The van der Waals surface area contributed by atoms with Gasteiger partial charge in [-0.1, -0.05) is 12.8 Å². The fraction of sp³-hybridized carbons (Fsp3) is 0.857. The summed E-state index contributed by atoms with van der Waals surface area (Å²) in [4.78, 5) is 26.1. The first kappa shape index (κ1) is 19.3. The molecule has 0 unspecified atom stereocenters. The number of nitrogens with zero attached hydrogens (tertiary/aromatic N) is 3. The van der Waals surface area contributed by atoms with Crippen LogP contribution in [0.2, 0.25) is 0 Å². The summed E-state index contributed by atoms with van der Waals surface area (Å²) in [6, 6.07) is -2.27. The third-order valence-corrected chi connectivity index (χ3v) is 5.44. The van der Waals surface area contributed by atoms with E-state index in [4.69, 9.17) is 4.55 Å². The van der Waals surface area contributed by atoms with Gasteiger partial charge in [-0.05, 0) is 32.2 Å². The molecule has 0 aliphatic carbocycles. The predicted molar refractivity (Wildman–Crippen MR) is 87.1 cm³/mol. The molecule has 2 bridgehead atoms. The lowest BCUT2D eigenvalue weighted by Gasteiger charge is -2.32. The van der Waals surface area contributed by atoms with Crippen molar-refractivity contribution >= 4 is 22.3 Å². The maximum Gasteiger partial charge on any atom is 0.418 e. The number of piperidine rings is 1. The number of hydroxylamine groups is 4. The summed E-state index contributed by atoms with van der Waals surface area (Å²) in [6.45, 7) is 1.07. The van der Waals surface area contributed by atoms with Crippen LogP contribution in [-0.4, -0.2) is 82.9 Å². The SMILES string of the molecule is O=C([C@@H]1CC[C@@H]2CN1C(=O)N2OS(=O)(=O)O)N(O)C[C@H]1CCCCCN1. The van der Waals surface area contributed by atoms with Crippen LogP contribution in [0.5, 0.6) is 0 Å². The molecule has 3 amide bonds. The minimum Gasteiger partial charge on any atom is -0.312 e. The lowest BCUT2D eigenvalue weighted by Crippen LogP contribution is -2.52. The quantitative estimate of drug-likeness (QED) is 0.330. The van der Waals surface area contributed by atoms with Gasteiger partial charge < -0.3 is 10.2 Å². The van der Waals surface area contributed by atoms with Gasteiger partial charge >= 0.3 is 16.4 Å². The van der Waals surface area contributed by atoms with Crippen LogP contribution in [0.25, 0.3) is 0 Å². The first-order valence-electron chi connectivity index (χ1n) is 8.77. The average Bonchev–Trinajstić information content (AvgIpc) is 2.77. The summed E-state index contributed by atoms with van der Waals surface area (Å²) < 4.78 is 34.9. The Labute approximate surface area is 151 Å². The van der Waals surface area contributed by atoms with Crippen molar-refractivity contribution in [2.45, 2.75) is 56.7 Å². The van der Waals surface area contributed by atoms with Crippen LogP contribution in [0.4, 0.5) is 4.79 Å². The van der Waals surface area contributed by atoms with E-state index in [2.05, 4.69) is 9.60 Å². The summed E-state index contributed by atoms with van der Waals surface area (Å²) >= 11 is 0. The van der Waals surface area contributed by atoms with Crippen molar-refractivity contribution < 1.29 is 32.1 Å². The minimum atomic E-state index is -4.83. The standard InChI is InChI=1S/C14H24N4O7S/c19-13(17(21)8-10-4-2-1-3-7-15-10)12-6-5-11-9-16(12)14(20)18(11)25-26(22,23)24/h10-12,15,21H,1-9H2,(H,22,23,24)/t10-,11-,12+/m1/s1. The molecule has 0 aromatic rings. The first-order chi connectivity index (χ1) is 12.3. The van der Waals surface area contributed by atoms with Crippen molar-refractivity contribution in [3.8, 4) is 0 Å². The first-order valence-corrected chi connectivity index (χ1v) is 10.1. The van der Waals surface area contributed by atoms with Crippen LogP contribution in [0.1, 0.15) is 38.5 Å². The normalized spacial score (nSPS) is 29.6. The summed E-state index contributed by atoms with van der Waals surface area (Å²) in [7, 11) is -4.83. The third kappa shape index (κ3) is 4.26. The van der Waals surface area contributed by atoms with Gasteiger partial charge in [0.1, 0.15) is 6.04 Å². The van der Waals surface area contributed by atoms with Crippen LogP contribution in [-0.2, 0) is 19.5 Å². The molecule has 3 saturated heterocycles. The Hall–Kier alpha value is -1.47. The molecule has 0 radical (unpaired) electrons. The zero-order chi connectivity index (χ0) is 18.9. The summed E-state index contributed by atoms with van der Waals surface area (Å²) in [6.07, 6.45) is 4.65. The van der Waals surface area contributed by atoms with Crippen molar-refractivity contribution in [2.24, 2.45) is 0 Å². The number of fused-ring (bicyclic) bond motifs is 2. The van der Waals surface area contributed by atoms with Gasteiger partial charge in [0.15, 0.2) is 0 Å². The molecule has 3 aliphatic heterocycles. The van der Waals surface area contributed by atoms with Crippen molar-refractivity contribution in [3.05, 3.63) is 0 Å². The lowest BCUT2D eigenvalue weighted by molar-refractivity contribution is -0.172. The summed E-state index contributed by atoms with van der Waals surface area (Å²) in [5.41, 5.74) is 0. The van der Waals surface area contributed by atoms with E-state index in [9.17, 15) is 23.2 Å². The maximum absolute atomic E-state index is 12.6.